The van der Waals surface area contributed by atoms with E-state index in [0.29, 0.717) is 24.4 Å². The standard InChI is InChI=1S/C19H24N2O4S/c1-14-9-10-16(13-17(14)20-26(4,23)24)19(22)21(3)11-12-25-18-8-6-5-7-15(18)2/h5-10,13,20H,11-12H2,1-4H3. The minimum Gasteiger partial charge on any atom is -0.491 e. The van der Waals surface area contributed by atoms with Crippen molar-refractivity contribution >= 4 is 21.6 Å². The number of carbonyl (C=O) groups is 1. The molecule has 0 aromatic heterocycles. The maximum absolute atomic E-state index is 12.6. The smallest absolute Gasteiger partial charge is 0.253 e. The molecule has 0 aliphatic heterocycles. The fraction of sp³-hybridized carbons (Fsp3) is 0.316. The molecule has 0 heterocycles. The fourth-order valence-corrected chi connectivity index (χ4v) is 3.02. The van der Waals surface area contributed by atoms with Gasteiger partial charge in [0.15, 0.2) is 0 Å². The van der Waals surface area contributed by atoms with E-state index in [4.69, 9.17) is 4.74 Å². The van der Waals surface area contributed by atoms with E-state index in [0.717, 1.165) is 23.1 Å². The number of hydrogen-bond acceptors (Lipinski definition) is 4. The summed E-state index contributed by atoms with van der Waals surface area (Å²) >= 11 is 0. The lowest BCUT2D eigenvalue weighted by atomic mass is 10.1. The van der Waals surface area contributed by atoms with Gasteiger partial charge in [-0.05, 0) is 43.2 Å². The summed E-state index contributed by atoms with van der Waals surface area (Å²) in [5, 5.41) is 0. The molecule has 0 saturated carbocycles. The predicted octanol–water partition coefficient (Wildman–Crippen LogP) is 2.83. The molecule has 0 atom stereocenters. The number of likely N-dealkylation sites (N-methyl/N-ethyl adjacent to an activating group) is 1. The van der Waals surface area contributed by atoms with Crippen molar-refractivity contribution < 1.29 is 17.9 Å². The van der Waals surface area contributed by atoms with Crippen LogP contribution in [0.15, 0.2) is 42.5 Å². The second-order valence-corrected chi connectivity index (χ2v) is 7.99. The fourth-order valence-electron chi connectivity index (χ4n) is 2.40. The summed E-state index contributed by atoms with van der Waals surface area (Å²) in [6.45, 7) is 4.53. The molecule has 140 valence electrons. The van der Waals surface area contributed by atoms with Crippen molar-refractivity contribution in [3.63, 3.8) is 0 Å². The van der Waals surface area contributed by atoms with Crippen LogP contribution in [0.25, 0.3) is 0 Å². The summed E-state index contributed by atoms with van der Waals surface area (Å²) in [5.41, 5.74) is 2.61. The molecule has 0 fully saturated rings. The zero-order chi connectivity index (χ0) is 19.3. The number of hydrogen-bond donors (Lipinski definition) is 1. The molecule has 2 aromatic rings. The first kappa shape index (κ1) is 19.8. The molecule has 0 saturated heterocycles. The molecular formula is C19H24N2O4S. The Balaban J connectivity index is 2.01. The highest BCUT2D eigenvalue weighted by atomic mass is 32.2. The Morgan fingerprint density at radius 3 is 2.46 bits per heavy atom. The first-order valence-electron chi connectivity index (χ1n) is 8.20. The molecule has 6 nitrogen and oxygen atoms in total. The van der Waals surface area contributed by atoms with Gasteiger partial charge in [0.25, 0.3) is 5.91 Å². The van der Waals surface area contributed by atoms with Crippen molar-refractivity contribution in [1.82, 2.24) is 4.90 Å². The van der Waals surface area contributed by atoms with Gasteiger partial charge in [-0.25, -0.2) is 8.42 Å². The maximum Gasteiger partial charge on any atom is 0.253 e. The third-order valence-electron chi connectivity index (χ3n) is 3.90. The molecule has 0 radical (unpaired) electrons. The molecule has 26 heavy (non-hydrogen) atoms. The second-order valence-electron chi connectivity index (χ2n) is 6.24. The average Bonchev–Trinajstić information content (AvgIpc) is 2.56. The van der Waals surface area contributed by atoms with Crippen LogP contribution in [-0.2, 0) is 10.0 Å². The number of benzene rings is 2. The summed E-state index contributed by atoms with van der Waals surface area (Å²) in [6, 6.07) is 12.7. The summed E-state index contributed by atoms with van der Waals surface area (Å²) in [7, 11) is -1.72. The van der Waals surface area contributed by atoms with Gasteiger partial charge >= 0.3 is 0 Å². The van der Waals surface area contributed by atoms with E-state index in [1.54, 1.807) is 37.1 Å². The van der Waals surface area contributed by atoms with Crippen LogP contribution in [0.3, 0.4) is 0 Å². The molecule has 0 bridgehead atoms. The van der Waals surface area contributed by atoms with Gasteiger partial charge in [-0.1, -0.05) is 24.3 Å². The van der Waals surface area contributed by atoms with Crippen LogP contribution in [0.1, 0.15) is 21.5 Å². The highest BCUT2D eigenvalue weighted by Gasteiger charge is 2.14. The number of ether oxygens (including phenoxy) is 1. The van der Waals surface area contributed by atoms with Gasteiger partial charge in [0, 0.05) is 12.6 Å². The molecule has 1 amide bonds. The Bertz CT molecular complexity index is 894. The number of carbonyl (C=O) groups excluding carboxylic acids is 1. The Hall–Kier alpha value is -2.54. The van der Waals surface area contributed by atoms with E-state index < -0.39 is 10.0 Å². The number of nitrogens with zero attached hydrogens (tertiary/aromatic N) is 1. The lowest BCUT2D eigenvalue weighted by molar-refractivity contribution is 0.0773. The Kier molecular flexibility index (Phi) is 6.26. The van der Waals surface area contributed by atoms with Gasteiger partial charge in [-0.3, -0.25) is 9.52 Å². The van der Waals surface area contributed by atoms with Gasteiger partial charge in [0.2, 0.25) is 10.0 Å². The maximum atomic E-state index is 12.6. The third-order valence-corrected chi connectivity index (χ3v) is 4.50. The van der Waals surface area contributed by atoms with Crippen molar-refractivity contribution in [2.75, 3.05) is 31.2 Å². The Morgan fingerprint density at radius 1 is 1.12 bits per heavy atom. The van der Waals surface area contributed by atoms with Crippen molar-refractivity contribution in [2.45, 2.75) is 13.8 Å². The quantitative estimate of drug-likeness (QED) is 0.806. The third kappa shape index (κ3) is 5.49. The SMILES string of the molecule is Cc1ccc(C(=O)N(C)CCOc2ccccc2C)cc1NS(C)(=O)=O. The molecule has 1 N–H and O–H groups in total. The van der Waals surface area contributed by atoms with Gasteiger partial charge < -0.3 is 9.64 Å². The predicted molar refractivity (Wildman–Crippen MR) is 103 cm³/mol. The van der Waals surface area contributed by atoms with E-state index in [9.17, 15) is 13.2 Å². The summed E-state index contributed by atoms with van der Waals surface area (Å²) in [6.07, 6.45) is 1.08. The number of nitrogens with one attached hydrogen (secondary N) is 1. The average molecular weight is 376 g/mol. The normalized spacial score (nSPS) is 11.1. The van der Waals surface area contributed by atoms with Gasteiger partial charge in [-0.2, -0.15) is 0 Å². The lowest BCUT2D eigenvalue weighted by Crippen LogP contribution is -2.31. The molecule has 7 heteroatoms. The van der Waals surface area contributed by atoms with Crippen molar-refractivity contribution in [3.8, 4) is 5.75 Å². The minimum atomic E-state index is -3.41. The lowest BCUT2D eigenvalue weighted by Gasteiger charge is -2.19. The zero-order valence-electron chi connectivity index (χ0n) is 15.4. The second kappa shape index (κ2) is 8.23. The number of amides is 1. The first-order chi connectivity index (χ1) is 12.2. The van der Waals surface area contributed by atoms with Crippen LogP contribution in [0.4, 0.5) is 5.69 Å². The van der Waals surface area contributed by atoms with Gasteiger partial charge in [-0.15, -0.1) is 0 Å². The molecule has 0 aliphatic carbocycles. The zero-order valence-corrected chi connectivity index (χ0v) is 16.3. The van der Waals surface area contributed by atoms with Gasteiger partial charge in [0.1, 0.15) is 12.4 Å². The van der Waals surface area contributed by atoms with Crippen LogP contribution in [0, 0.1) is 13.8 Å². The van der Waals surface area contributed by atoms with Crippen molar-refractivity contribution in [1.29, 1.82) is 0 Å². The molecule has 0 unspecified atom stereocenters. The number of rotatable bonds is 7. The number of sulfonamides is 1. The summed E-state index contributed by atoms with van der Waals surface area (Å²) in [4.78, 5) is 14.1. The van der Waals surface area contributed by atoms with Crippen molar-refractivity contribution in [2.24, 2.45) is 0 Å². The first-order valence-corrected chi connectivity index (χ1v) is 10.1. The highest BCUT2D eigenvalue weighted by Crippen LogP contribution is 2.19. The largest absolute Gasteiger partial charge is 0.491 e. The molecule has 0 aliphatic rings. The van der Waals surface area contributed by atoms with Crippen LogP contribution in [0.2, 0.25) is 0 Å². The van der Waals surface area contributed by atoms with E-state index in [2.05, 4.69) is 4.72 Å². The van der Waals surface area contributed by atoms with Crippen LogP contribution >= 0.6 is 0 Å². The molecule has 0 spiro atoms. The molecular weight excluding hydrogens is 352 g/mol. The number of para-hydroxylation sites is 1. The monoisotopic (exact) mass is 376 g/mol. The molecule has 2 aromatic carbocycles. The van der Waals surface area contributed by atoms with E-state index in [1.807, 2.05) is 31.2 Å². The highest BCUT2D eigenvalue weighted by molar-refractivity contribution is 7.92. The van der Waals surface area contributed by atoms with Gasteiger partial charge in [0.05, 0.1) is 18.5 Å². The number of anilines is 1. The van der Waals surface area contributed by atoms with Crippen LogP contribution in [0.5, 0.6) is 5.75 Å². The van der Waals surface area contributed by atoms with E-state index in [1.165, 1.54) is 0 Å². The molecule has 2 rings (SSSR count). The van der Waals surface area contributed by atoms with E-state index in [-0.39, 0.29) is 5.91 Å². The minimum absolute atomic E-state index is 0.199. The topological polar surface area (TPSA) is 75.7 Å². The van der Waals surface area contributed by atoms with Crippen LogP contribution < -0.4 is 9.46 Å². The van der Waals surface area contributed by atoms with Crippen LogP contribution in [-0.4, -0.2) is 45.7 Å². The number of aryl methyl sites for hydroxylation is 2. The Morgan fingerprint density at radius 2 is 1.81 bits per heavy atom. The Labute approximate surface area is 154 Å². The van der Waals surface area contributed by atoms with Crippen molar-refractivity contribution in [3.05, 3.63) is 59.2 Å². The summed E-state index contributed by atoms with van der Waals surface area (Å²) in [5.74, 6) is 0.596. The summed E-state index contributed by atoms with van der Waals surface area (Å²) < 4.78 is 31.0. The van der Waals surface area contributed by atoms with E-state index >= 15 is 0 Å².